The lowest BCUT2D eigenvalue weighted by Crippen LogP contribution is -2.42. The first-order valence-corrected chi connectivity index (χ1v) is 10.5. The lowest BCUT2D eigenvalue weighted by Gasteiger charge is -2.36. The van der Waals surface area contributed by atoms with E-state index in [9.17, 15) is 8.42 Å². The van der Waals surface area contributed by atoms with Crippen LogP contribution in [0.15, 0.2) is 18.5 Å². The fraction of sp³-hybridized carbons (Fsp3) is 0.647. The van der Waals surface area contributed by atoms with Crippen molar-refractivity contribution in [1.82, 2.24) is 23.8 Å². The zero-order valence-corrected chi connectivity index (χ0v) is 16.3. The number of rotatable bonds is 4. The van der Waals surface area contributed by atoms with Crippen molar-refractivity contribution in [3.05, 3.63) is 18.5 Å². The Morgan fingerprint density at radius 2 is 2.00 bits per heavy atom. The molecule has 2 fully saturated rings. The van der Waals surface area contributed by atoms with Crippen molar-refractivity contribution < 1.29 is 8.42 Å². The molecular formula is C17H26N6O2S. The maximum Gasteiger partial charge on any atom is 0.281 e. The predicted molar refractivity (Wildman–Crippen MR) is 101 cm³/mol. The van der Waals surface area contributed by atoms with E-state index in [0.29, 0.717) is 11.8 Å². The highest BCUT2D eigenvalue weighted by Gasteiger charge is 2.42. The molecule has 26 heavy (non-hydrogen) atoms. The quantitative estimate of drug-likeness (QED) is 0.867. The molecule has 3 atom stereocenters. The highest BCUT2D eigenvalue weighted by Crippen LogP contribution is 2.42. The average Bonchev–Trinajstić information content (AvgIpc) is 3.26. The van der Waals surface area contributed by atoms with Gasteiger partial charge in [-0.05, 0) is 37.2 Å². The number of nitrogens with one attached hydrogen (secondary N) is 1. The van der Waals surface area contributed by atoms with Crippen LogP contribution in [0, 0.1) is 11.8 Å². The molecule has 2 aromatic rings. The van der Waals surface area contributed by atoms with Crippen molar-refractivity contribution in [2.75, 3.05) is 39.1 Å². The zero-order chi connectivity index (χ0) is 18.5. The summed E-state index contributed by atoms with van der Waals surface area (Å²) in [6, 6.07) is 2.14. The Kier molecular flexibility index (Phi) is 4.40. The van der Waals surface area contributed by atoms with Crippen molar-refractivity contribution in [3.8, 4) is 0 Å². The SMILES string of the molecule is CN(C)S(=O)(=O)N(C)[C@H]1C[C@H]2CCN(c3ccnc4[nH]ncc34)C[C@H]2C1. The van der Waals surface area contributed by atoms with Gasteiger partial charge in [0.05, 0.1) is 17.3 Å². The number of fused-ring (bicyclic) bond motifs is 2. The summed E-state index contributed by atoms with van der Waals surface area (Å²) < 4.78 is 27.8. The second-order valence-corrected chi connectivity index (χ2v) is 9.85. The van der Waals surface area contributed by atoms with E-state index >= 15 is 0 Å². The molecule has 0 unspecified atom stereocenters. The molecule has 2 aromatic heterocycles. The molecule has 142 valence electrons. The molecule has 0 aromatic carbocycles. The van der Waals surface area contributed by atoms with Gasteiger partial charge in [-0.2, -0.15) is 22.1 Å². The Bertz CT molecular complexity index is 896. The van der Waals surface area contributed by atoms with Gasteiger partial charge in [0.15, 0.2) is 5.65 Å². The Hall–Kier alpha value is -1.71. The number of H-pyrrole nitrogens is 1. The van der Waals surface area contributed by atoms with Crippen LogP contribution in [0.5, 0.6) is 0 Å². The minimum Gasteiger partial charge on any atom is -0.371 e. The summed E-state index contributed by atoms with van der Waals surface area (Å²) in [7, 11) is 1.54. The molecule has 1 aliphatic carbocycles. The number of piperidine rings is 1. The standard InChI is InChI=1S/C17H26N6O2S/c1-21(2)26(24,25)22(3)14-8-12-5-7-23(11-13(12)9-14)16-4-6-18-17-15(16)10-19-20-17/h4,6,10,12-14H,5,7-9,11H2,1-3H3,(H,18,19,20)/t12-,13-,14+/m1/s1. The Morgan fingerprint density at radius 1 is 1.23 bits per heavy atom. The maximum atomic E-state index is 12.4. The number of pyridine rings is 1. The Labute approximate surface area is 154 Å². The van der Waals surface area contributed by atoms with Gasteiger partial charge in [0.2, 0.25) is 0 Å². The van der Waals surface area contributed by atoms with Crippen LogP contribution in [-0.4, -0.2) is 72.5 Å². The van der Waals surface area contributed by atoms with E-state index in [0.717, 1.165) is 43.4 Å². The molecule has 4 rings (SSSR count). The maximum absolute atomic E-state index is 12.4. The number of anilines is 1. The predicted octanol–water partition coefficient (Wildman–Crippen LogP) is 1.30. The number of hydrogen-bond donors (Lipinski definition) is 1. The summed E-state index contributed by atoms with van der Waals surface area (Å²) in [4.78, 5) is 6.73. The molecule has 0 amide bonds. The van der Waals surface area contributed by atoms with Gasteiger partial charge in [-0.25, -0.2) is 4.98 Å². The summed E-state index contributed by atoms with van der Waals surface area (Å²) in [5.41, 5.74) is 1.98. The summed E-state index contributed by atoms with van der Waals surface area (Å²) >= 11 is 0. The smallest absolute Gasteiger partial charge is 0.281 e. The first kappa shape index (κ1) is 17.7. The molecule has 1 saturated heterocycles. The van der Waals surface area contributed by atoms with Crippen LogP contribution >= 0.6 is 0 Å². The minimum absolute atomic E-state index is 0.0868. The van der Waals surface area contributed by atoms with Crippen molar-refractivity contribution in [3.63, 3.8) is 0 Å². The summed E-state index contributed by atoms with van der Waals surface area (Å²) in [6.07, 6.45) is 6.62. The molecule has 1 aliphatic heterocycles. The number of aromatic nitrogens is 3. The fourth-order valence-corrected chi connectivity index (χ4v) is 5.59. The molecule has 2 aliphatic rings. The van der Waals surface area contributed by atoms with Crippen LogP contribution in [0.2, 0.25) is 0 Å². The lowest BCUT2D eigenvalue weighted by atomic mass is 9.88. The molecule has 0 spiro atoms. The van der Waals surface area contributed by atoms with Crippen LogP contribution in [0.4, 0.5) is 5.69 Å². The second-order valence-electron chi connectivity index (χ2n) is 7.65. The van der Waals surface area contributed by atoms with E-state index in [-0.39, 0.29) is 6.04 Å². The number of aromatic amines is 1. The Morgan fingerprint density at radius 3 is 2.77 bits per heavy atom. The van der Waals surface area contributed by atoms with Crippen LogP contribution in [0.1, 0.15) is 19.3 Å². The molecule has 0 bridgehead atoms. The van der Waals surface area contributed by atoms with Crippen molar-refractivity contribution in [1.29, 1.82) is 0 Å². The molecule has 9 heteroatoms. The normalized spacial score (nSPS) is 26.8. The third-order valence-electron chi connectivity index (χ3n) is 6.05. The molecule has 1 N–H and O–H groups in total. The Balaban J connectivity index is 1.51. The van der Waals surface area contributed by atoms with E-state index in [1.807, 2.05) is 18.5 Å². The molecule has 8 nitrogen and oxygen atoms in total. The first-order valence-electron chi connectivity index (χ1n) is 9.06. The van der Waals surface area contributed by atoms with Gasteiger partial charge >= 0.3 is 0 Å². The highest BCUT2D eigenvalue weighted by atomic mass is 32.2. The van der Waals surface area contributed by atoms with Gasteiger partial charge in [-0.15, -0.1) is 0 Å². The van der Waals surface area contributed by atoms with Crippen molar-refractivity contribution in [2.24, 2.45) is 11.8 Å². The molecule has 3 heterocycles. The third-order valence-corrected chi connectivity index (χ3v) is 8.00. The first-order chi connectivity index (χ1) is 12.4. The van der Waals surface area contributed by atoms with Crippen LogP contribution in [0.3, 0.4) is 0 Å². The van der Waals surface area contributed by atoms with Gasteiger partial charge in [-0.1, -0.05) is 0 Å². The van der Waals surface area contributed by atoms with Crippen molar-refractivity contribution in [2.45, 2.75) is 25.3 Å². The van der Waals surface area contributed by atoms with Gasteiger partial charge in [0.25, 0.3) is 10.2 Å². The lowest BCUT2D eigenvalue weighted by molar-refractivity contribution is 0.323. The number of hydrogen-bond acceptors (Lipinski definition) is 5. The van der Waals surface area contributed by atoms with E-state index in [1.54, 1.807) is 25.4 Å². The van der Waals surface area contributed by atoms with E-state index < -0.39 is 10.2 Å². The van der Waals surface area contributed by atoms with Crippen LogP contribution < -0.4 is 4.90 Å². The zero-order valence-electron chi connectivity index (χ0n) is 15.5. The largest absolute Gasteiger partial charge is 0.371 e. The summed E-state index contributed by atoms with van der Waals surface area (Å²) in [5.74, 6) is 1.11. The average molecular weight is 379 g/mol. The summed E-state index contributed by atoms with van der Waals surface area (Å²) in [6.45, 7) is 1.95. The number of nitrogens with zero attached hydrogens (tertiary/aromatic N) is 5. The fourth-order valence-electron chi connectivity index (χ4n) is 4.53. The highest BCUT2D eigenvalue weighted by molar-refractivity contribution is 7.86. The van der Waals surface area contributed by atoms with E-state index in [2.05, 4.69) is 20.1 Å². The van der Waals surface area contributed by atoms with Crippen LogP contribution in [-0.2, 0) is 10.2 Å². The topological polar surface area (TPSA) is 85.4 Å². The molecule has 0 radical (unpaired) electrons. The molecule has 1 saturated carbocycles. The van der Waals surface area contributed by atoms with Gasteiger partial charge in [0, 0.05) is 46.5 Å². The second kappa shape index (κ2) is 6.47. The van der Waals surface area contributed by atoms with Gasteiger partial charge in [0.1, 0.15) is 0 Å². The van der Waals surface area contributed by atoms with Crippen LogP contribution in [0.25, 0.3) is 11.0 Å². The minimum atomic E-state index is -3.36. The van der Waals surface area contributed by atoms with E-state index in [1.165, 1.54) is 9.99 Å². The van der Waals surface area contributed by atoms with Gasteiger partial charge < -0.3 is 4.90 Å². The third kappa shape index (κ3) is 2.87. The van der Waals surface area contributed by atoms with Crippen molar-refractivity contribution >= 4 is 26.9 Å². The monoisotopic (exact) mass is 378 g/mol. The summed E-state index contributed by atoms with van der Waals surface area (Å²) in [5, 5.41) is 8.09. The molecular weight excluding hydrogens is 352 g/mol. The van der Waals surface area contributed by atoms with Gasteiger partial charge in [-0.3, -0.25) is 5.10 Å². The van der Waals surface area contributed by atoms with E-state index in [4.69, 9.17) is 0 Å².